The minimum atomic E-state index is 0.629. The standard InChI is InChI=1S/C18H38N4O/c1-5-19-18(20-11-6-7-13-22(4)16(2)3)21-12-8-14-23-15-17-9-10-17/h16-17H,5-15H2,1-4H3,(H2,19,20,21). The van der Waals surface area contributed by atoms with Gasteiger partial charge in [0.25, 0.3) is 0 Å². The maximum atomic E-state index is 5.64. The molecule has 0 bridgehead atoms. The van der Waals surface area contributed by atoms with Crippen LogP contribution in [0, 0.1) is 5.92 Å². The Morgan fingerprint density at radius 1 is 1.22 bits per heavy atom. The molecule has 0 saturated heterocycles. The summed E-state index contributed by atoms with van der Waals surface area (Å²) in [6.45, 7) is 12.2. The Labute approximate surface area is 143 Å². The first-order chi connectivity index (χ1) is 11.1. The predicted octanol–water partition coefficient (Wildman–Crippen LogP) is 2.48. The van der Waals surface area contributed by atoms with Crippen LogP contribution in [0.4, 0.5) is 0 Å². The van der Waals surface area contributed by atoms with Crippen LogP contribution in [0.15, 0.2) is 4.99 Å². The second-order valence-corrected chi connectivity index (χ2v) is 6.84. The molecular weight excluding hydrogens is 288 g/mol. The SMILES string of the molecule is CCNC(=NCCCOCC1CC1)NCCCCN(C)C(C)C. The normalized spacial score (nSPS) is 15.5. The van der Waals surface area contributed by atoms with Crippen molar-refractivity contribution in [2.45, 2.75) is 58.9 Å². The lowest BCUT2D eigenvalue weighted by molar-refractivity contribution is 0.123. The van der Waals surface area contributed by atoms with E-state index in [9.17, 15) is 0 Å². The predicted molar refractivity (Wildman–Crippen MR) is 99.1 cm³/mol. The van der Waals surface area contributed by atoms with Crippen LogP contribution in [0.2, 0.25) is 0 Å². The zero-order valence-electron chi connectivity index (χ0n) is 15.7. The van der Waals surface area contributed by atoms with Crippen LogP contribution in [-0.2, 0) is 4.74 Å². The number of hydrogen-bond acceptors (Lipinski definition) is 3. The number of aliphatic imine (C=N–C) groups is 1. The summed E-state index contributed by atoms with van der Waals surface area (Å²) in [5.41, 5.74) is 0. The quantitative estimate of drug-likeness (QED) is 0.310. The van der Waals surface area contributed by atoms with Crippen LogP contribution in [0.25, 0.3) is 0 Å². The lowest BCUT2D eigenvalue weighted by Gasteiger charge is -2.20. The summed E-state index contributed by atoms with van der Waals surface area (Å²) in [7, 11) is 2.19. The Balaban J connectivity index is 2.03. The summed E-state index contributed by atoms with van der Waals surface area (Å²) in [5.74, 6) is 1.79. The largest absolute Gasteiger partial charge is 0.381 e. The number of unbranched alkanes of at least 4 members (excludes halogenated alkanes) is 1. The van der Waals surface area contributed by atoms with Gasteiger partial charge in [0.05, 0.1) is 0 Å². The highest BCUT2D eigenvalue weighted by Crippen LogP contribution is 2.28. The van der Waals surface area contributed by atoms with Crippen molar-refractivity contribution in [2.24, 2.45) is 10.9 Å². The molecule has 1 fully saturated rings. The minimum absolute atomic E-state index is 0.629. The van der Waals surface area contributed by atoms with Gasteiger partial charge in [0.2, 0.25) is 0 Å². The molecule has 1 rings (SSSR count). The van der Waals surface area contributed by atoms with Gasteiger partial charge < -0.3 is 20.3 Å². The van der Waals surface area contributed by atoms with Crippen molar-refractivity contribution in [3.8, 4) is 0 Å². The third kappa shape index (κ3) is 11.4. The molecule has 2 N–H and O–H groups in total. The molecule has 0 aromatic rings. The van der Waals surface area contributed by atoms with Crippen LogP contribution in [0.1, 0.15) is 52.9 Å². The van der Waals surface area contributed by atoms with E-state index in [1.54, 1.807) is 0 Å². The zero-order chi connectivity index (χ0) is 16.9. The summed E-state index contributed by atoms with van der Waals surface area (Å²) in [6.07, 6.45) is 6.11. The van der Waals surface area contributed by atoms with Gasteiger partial charge in [-0.25, -0.2) is 0 Å². The van der Waals surface area contributed by atoms with Crippen molar-refractivity contribution in [1.82, 2.24) is 15.5 Å². The number of guanidine groups is 1. The molecule has 0 unspecified atom stereocenters. The fourth-order valence-electron chi connectivity index (χ4n) is 2.18. The van der Waals surface area contributed by atoms with E-state index in [1.807, 2.05) is 0 Å². The van der Waals surface area contributed by atoms with Gasteiger partial charge in [0, 0.05) is 38.9 Å². The Morgan fingerprint density at radius 3 is 2.65 bits per heavy atom. The Hall–Kier alpha value is -0.810. The summed E-state index contributed by atoms with van der Waals surface area (Å²) in [6, 6.07) is 0.629. The molecule has 0 aromatic carbocycles. The monoisotopic (exact) mass is 326 g/mol. The first kappa shape index (κ1) is 20.2. The van der Waals surface area contributed by atoms with Crippen LogP contribution >= 0.6 is 0 Å². The van der Waals surface area contributed by atoms with Crippen LogP contribution in [-0.4, -0.2) is 63.3 Å². The van der Waals surface area contributed by atoms with E-state index >= 15 is 0 Å². The summed E-state index contributed by atoms with van der Waals surface area (Å²) >= 11 is 0. The lowest BCUT2D eigenvalue weighted by atomic mass is 10.2. The molecule has 1 aliphatic rings. The van der Waals surface area contributed by atoms with Crippen molar-refractivity contribution in [3.05, 3.63) is 0 Å². The maximum Gasteiger partial charge on any atom is 0.191 e. The van der Waals surface area contributed by atoms with Crippen LogP contribution in [0.5, 0.6) is 0 Å². The number of nitrogens with one attached hydrogen (secondary N) is 2. The molecule has 1 saturated carbocycles. The van der Waals surface area contributed by atoms with Gasteiger partial charge in [-0.1, -0.05) is 0 Å². The van der Waals surface area contributed by atoms with Gasteiger partial charge in [-0.15, -0.1) is 0 Å². The summed E-state index contributed by atoms with van der Waals surface area (Å²) in [4.78, 5) is 7.00. The molecule has 1 aliphatic carbocycles. The van der Waals surface area contributed by atoms with Crippen LogP contribution < -0.4 is 10.6 Å². The van der Waals surface area contributed by atoms with Crippen molar-refractivity contribution < 1.29 is 4.74 Å². The Bertz CT molecular complexity index is 316. The molecule has 5 nitrogen and oxygen atoms in total. The smallest absolute Gasteiger partial charge is 0.191 e. The van der Waals surface area contributed by atoms with Crippen molar-refractivity contribution in [3.63, 3.8) is 0 Å². The van der Waals surface area contributed by atoms with E-state index in [1.165, 1.54) is 25.7 Å². The van der Waals surface area contributed by atoms with Gasteiger partial charge in [0.15, 0.2) is 5.96 Å². The first-order valence-electron chi connectivity index (χ1n) is 9.43. The third-order valence-electron chi connectivity index (χ3n) is 4.22. The van der Waals surface area contributed by atoms with Crippen molar-refractivity contribution in [2.75, 3.05) is 46.4 Å². The van der Waals surface area contributed by atoms with E-state index in [4.69, 9.17) is 4.74 Å². The summed E-state index contributed by atoms with van der Waals surface area (Å²) < 4.78 is 5.64. The van der Waals surface area contributed by atoms with Gasteiger partial charge in [-0.3, -0.25) is 4.99 Å². The molecule has 0 aromatic heterocycles. The molecule has 0 radical (unpaired) electrons. The van der Waals surface area contributed by atoms with E-state index in [0.717, 1.165) is 57.7 Å². The fourth-order valence-corrected chi connectivity index (χ4v) is 2.18. The van der Waals surface area contributed by atoms with Gasteiger partial charge >= 0.3 is 0 Å². The molecule has 0 atom stereocenters. The molecule has 5 heteroatoms. The zero-order valence-corrected chi connectivity index (χ0v) is 15.7. The van der Waals surface area contributed by atoms with Gasteiger partial charge in [-0.2, -0.15) is 0 Å². The first-order valence-corrected chi connectivity index (χ1v) is 9.43. The van der Waals surface area contributed by atoms with Gasteiger partial charge in [0.1, 0.15) is 0 Å². The molecule has 136 valence electrons. The highest BCUT2D eigenvalue weighted by molar-refractivity contribution is 5.79. The lowest BCUT2D eigenvalue weighted by Crippen LogP contribution is -2.38. The number of ether oxygens (including phenoxy) is 1. The number of hydrogen-bond donors (Lipinski definition) is 2. The molecule has 0 heterocycles. The van der Waals surface area contributed by atoms with Crippen LogP contribution in [0.3, 0.4) is 0 Å². The molecule has 0 spiro atoms. The molecule has 0 aliphatic heterocycles. The van der Waals surface area contributed by atoms with E-state index in [-0.39, 0.29) is 0 Å². The highest BCUT2D eigenvalue weighted by atomic mass is 16.5. The number of nitrogens with zero attached hydrogens (tertiary/aromatic N) is 2. The Morgan fingerprint density at radius 2 is 2.00 bits per heavy atom. The second-order valence-electron chi connectivity index (χ2n) is 6.84. The summed E-state index contributed by atoms with van der Waals surface area (Å²) in [5, 5.41) is 6.73. The maximum absolute atomic E-state index is 5.64. The average molecular weight is 327 g/mol. The fraction of sp³-hybridized carbons (Fsp3) is 0.944. The van der Waals surface area contributed by atoms with Crippen molar-refractivity contribution in [1.29, 1.82) is 0 Å². The third-order valence-corrected chi connectivity index (χ3v) is 4.22. The van der Waals surface area contributed by atoms with E-state index < -0.39 is 0 Å². The topological polar surface area (TPSA) is 48.9 Å². The minimum Gasteiger partial charge on any atom is -0.381 e. The van der Waals surface area contributed by atoms with E-state index in [2.05, 4.69) is 48.3 Å². The average Bonchev–Trinajstić information content (AvgIpc) is 3.34. The Kier molecular flexibility index (Phi) is 11.1. The van der Waals surface area contributed by atoms with Gasteiger partial charge in [-0.05, 0) is 72.4 Å². The molecule has 0 amide bonds. The van der Waals surface area contributed by atoms with Crippen molar-refractivity contribution >= 4 is 5.96 Å². The second kappa shape index (κ2) is 12.6. The highest BCUT2D eigenvalue weighted by Gasteiger charge is 2.20. The molecule has 23 heavy (non-hydrogen) atoms. The molecular formula is C18H38N4O. The number of rotatable bonds is 13. The van der Waals surface area contributed by atoms with E-state index in [0.29, 0.717) is 6.04 Å².